The van der Waals surface area contributed by atoms with Crippen LogP contribution in [0.2, 0.25) is 0 Å². The number of hydrogen-bond donors (Lipinski definition) is 2. The van der Waals surface area contributed by atoms with E-state index in [1.165, 1.54) is 5.56 Å². The van der Waals surface area contributed by atoms with E-state index in [-0.39, 0.29) is 17.9 Å². The van der Waals surface area contributed by atoms with Gasteiger partial charge in [-0.25, -0.2) is 0 Å². The summed E-state index contributed by atoms with van der Waals surface area (Å²) in [7, 11) is 0. The first-order chi connectivity index (χ1) is 8.02. The average molecular weight is 234 g/mol. The van der Waals surface area contributed by atoms with E-state index < -0.39 is 0 Å². The summed E-state index contributed by atoms with van der Waals surface area (Å²) >= 11 is 0. The van der Waals surface area contributed by atoms with Crippen molar-refractivity contribution in [2.75, 3.05) is 6.54 Å². The number of nitrogens with one attached hydrogen (secondary N) is 1. The lowest BCUT2D eigenvalue weighted by molar-refractivity contribution is -0.121. The molecule has 0 saturated carbocycles. The summed E-state index contributed by atoms with van der Waals surface area (Å²) in [6.45, 7) is 6.89. The Balaban J connectivity index is 2.52. The van der Waals surface area contributed by atoms with Crippen molar-refractivity contribution in [1.82, 2.24) is 5.32 Å². The van der Waals surface area contributed by atoms with Crippen LogP contribution >= 0.6 is 0 Å². The van der Waals surface area contributed by atoms with Gasteiger partial charge in [0, 0.05) is 6.54 Å². The highest BCUT2D eigenvalue weighted by Crippen LogP contribution is 2.14. The molecule has 1 amide bonds. The van der Waals surface area contributed by atoms with Crippen LogP contribution in [0, 0.1) is 5.92 Å². The van der Waals surface area contributed by atoms with E-state index >= 15 is 0 Å². The fraction of sp³-hybridized carbons (Fsp3) is 0.500. The maximum atomic E-state index is 11.2. The molecule has 0 aromatic heterocycles. The highest BCUT2D eigenvalue weighted by atomic mass is 16.1. The molecule has 0 heterocycles. The van der Waals surface area contributed by atoms with Crippen LogP contribution < -0.4 is 11.1 Å². The molecule has 3 heteroatoms. The molecule has 0 aliphatic rings. The number of carbonyl (C=O) groups is 1. The molecule has 1 aromatic rings. The van der Waals surface area contributed by atoms with Crippen LogP contribution in [0.25, 0.3) is 0 Å². The van der Waals surface area contributed by atoms with Crippen molar-refractivity contribution in [2.24, 2.45) is 11.7 Å². The van der Waals surface area contributed by atoms with E-state index in [0.717, 1.165) is 6.54 Å². The highest BCUT2D eigenvalue weighted by molar-refractivity contribution is 5.80. The predicted molar refractivity (Wildman–Crippen MR) is 70.7 cm³/mol. The summed E-state index contributed by atoms with van der Waals surface area (Å²) < 4.78 is 0. The zero-order valence-electron chi connectivity index (χ0n) is 10.8. The number of hydrogen-bond acceptors (Lipinski definition) is 2. The molecule has 0 bridgehead atoms. The van der Waals surface area contributed by atoms with Crippen LogP contribution in [-0.4, -0.2) is 18.5 Å². The van der Waals surface area contributed by atoms with Gasteiger partial charge in [0.2, 0.25) is 5.91 Å². The Morgan fingerprint density at radius 3 is 2.29 bits per heavy atom. The van der Waals surface area contributed by atoms with Gasteiger partial charge in [-0.1, -0.05) is 51.1 Å². The van der Waals surface area contributed by atoms with E-state index in [2.05, 4.69) is 24.4 Å². The minimum absolute atomic E-state index is 0.218. The minimum atomic E-state index is -0.278. The Morgan fingerprint density at radius 2 is 1.82 bits per heavy atom. The third-order valence-electron chi connectivity index (χ3n) is 2.99. The fourth-order valence-electron chi connectivity index (χ4n) is 1.87. The third-order valence-corrected chi connectivity index (χ3v) is 2.99. The molecular weight excluding hydrogens is 212 g/mol. The van der Waals surface area contributed by atoms with Gasteiger partial charge in [0.05, 0.1) is 6.04 Å². The van der Waals surface area contributed by atoms with Crippen LogP contribution in [0.4, 0.5) is 0 Å². The largest absolute Gasteiger partial charge is 0.368 e. The first-order valence-corrected chi connectivity index (χ1v) is 6.10. The van der Waals surface area contributed by atoms with Gasteiger partial charge in [-0.2, -0.15) is 0 Å². The van der Waals surface area contributed by atoms with Crippen molar-refractivity contribution >= 4 is 5.91 Å². The summed E-state index contributed by atoms with van der Waals surface area (Å²) in [6.07, 6.45) is 0. The van der Waals surface area contributed by atoms with Gasteiger partial charge in [0.25, 0.3) is 0 Å². The van der Waals surface area contributed by atoms with Gasteiger partial charge in [-0.3, -0.25) is 4.79 Å². The number of primary amides is 1. The van der Waals surface area contributed by atoms with E-state index in [0.29, 0.717) is 5.92 Å². The fourth-order valence-corrected chi connectivity index (χ4v) is 1.87. The van der Waals surface area contributed by atoms with E-state index in [1.54, 1.807) is 0 Å². The van der Waals surface area contributed by atoms with E-state index in [9.17, 15) is 4.79 Å². The lowest BCUT2D eigenvalue weighted by Gasteiger charge is -2.21. The lowest BCUT2D eigenvalue weighted by atomic mass is 9.99. The number of amides is 1. The molecule has 0 aliphatic carbocycles. The first-order valence-electron chi connectivity index (χ1n) is 6.10. The summed E-state index contributed by atoms with van der Waals surface area (Å²) in [5.41, 5.74) is 6.63. The van der Waals surface area contributed by atoms with Gasteiger partial charge in [0.1, 0.15) is 0 Å². The topological polar surface area (TPSA) is 55.1 Å². The molecule has 0 fully saturated rings. The summed E-state index contributed by atoms with van der Waals surface area (Å²) in [6, 6.07) is 10.0. The molecule has 94 valence electrons. The van der Waals surface area contributed by atoms with Crippen molar-refractivity contribution in [2.45, 2.75) is 32.7 Å². The molecule has 1 rings (SSSR count). The van der Waals surface area contributed by atoms with E-state index in [4.69, 9.17) is 5.73 Å². The van der Waals surface area contributed by atoms with Crippen molar-refractivity contribution < 1.29 is 4.79 Å². The van der Waals surface area contributed by atoms with Gasteiger partial charge < -0.3 is 11.1 Å². The first kappa shape index (κ1) is 13.7. The molecule has 1 aromatic carbocycles. The second kappa shape index (κ2) is 6.40. The molecule has 17 heavy (non-hydrogen) atoms. The van der Waals surface area contributed by atoms with Gasteiger partial charge in [-0.15, -0.1) is 0 Å². The van der Waals surface area contributed by atoms with Crippen LogP contribution in [0.15, 0.2) is 30.3 Å². The Morgan fingerprint density at radius 1 is 1.24 bits per heavy atom. The lowest BCUT2D eigenvalue weighted by Crippen LogP contribution is -2.46. The number of nitrogens with two attached hydrogens (primary N) is 1. The van der Waals surface area contributed by atoms with Gasteiger partial charge in [0.15, 0.2) is 0 Å². The van der Waals surface area contributed by atoms with Crippen LogP contribution in [0.5, 0.6) is 0 Å². The number of carbonyl (C=O) groups excluding carboxylic acids is 1. The van der Waals surface area contributed by atoms with Crippen molar-refractivity contribution in [1.29, 1.82) is 0 Å². The van der Waals surface area contributed by atoms with E-state index in [1.807, 2.05) is 32.0 Å². The van der Waals surface area contributed by atoms with Gasteiger partial charge in [-0.05, 0) is 17.4 Å². The Labute approximate surface area is 103 Å². The summed E-state index contributed by atoms with van der Waals surface area (Å²) in [5, 5.41) is 3.24. The molecule has 0 saturated heterocycles. The normalized spacial score (nSPS) is 14.6. The Hall–Kier alpha value is -1.35. The number of benzene rings is 1. The minimum Gasteiger partial charge on any atom is -0.368 e. The second-order valence-electron chi connectivity index (χ2n) is 4.84. The molecule has 3 N–H and O–H groups in total. The van der Waals surface area contributed by atoms with Gasteiger partial charge >= 0.3 is 0 Å². The monoisotopic (exact) mass is 234 g/mol. The van der Waals surface area contributed by atoms with Crippen molar-refractivity contribution in [3.05, 3.63) is 35.9 Å². The average Bonchev–Trinajstić information content (AvgIpc) is 2.29. The second-order valence-corrected chi connectivity index (χ2v) is 4.84. The molecule has 0 aliphatic heterocycles. The van der Waals surface area contributed by atoms with Crippen LogP contribution in [0.3, 0.4) is 0 Å². The molecule has 0 radical (unpaired) electrons. The standard InChI is InChI=1S/C14H22N2O/c1-10(2)13(14(15)17)16-9-11(3)12-7-5-4-6-8-12/h4-8,10-11,13,16H,9H2,1-3H3,(H2,15,17). The predicted octanol–water partition coefficient (Wildman–Crippen LogP) is 1.89. The zero-order valence-corrected chi connectivity index (χ0v) is 10.8. The maximum Gasteiger partial charge on any atom is 0.234 e. The van der Waals surface area contributed by atoms with Crippen molar-refractivity contribution in [3.63, 3.8) is 0 Å². The molecular formula is C14H22N2O. The maximum absolute atomic E-state index is 11.2. The smallest absolute Gasteiger partial charge is 0.234 e. The Bertz CT molecular complexity index is 348. The van der Waals surface area contributed by atoms with Crippen LogP contribution in [-0.2, 0) is 4.79 Å². The number of rotatable bonds is 6. The third kappa shape index (κ3) is 4.19. The van der Waals surface area contributed by atoms with Crippen molar-refractivity contribution in [3.8, 4) is 0 Å². The highest BCUT2D eigenvalue weighted by Gasteiger charge is 2.19. The Kier molecular flexibility index (Phi) is 5.16. The van der Waals surface area contributed by atoms with Crippen LogP contribution in [0.1, 0.15) is 32.3 Å². The zero-order chi connectivity index (χ0) is 12.8. The summed E-state index contributed by atoms with van der Waals surface area (Å²) in [4.78, 5) is 11.2. The molecule has 2 atom stereocenters. The molecule has 2 unspecified atom stereocenters. The molecule has 3 nitrogen and oxygen atoms in total. The quantitative estimate of drug-likeness (QED) is 0.789. The summed E-state index contributed by atoms with van der Waals surface area (Å²) in [5.74, 6) is 0.313. The SMILES string of the molecule is CC(CNC(C(N)=O)C(C)C)c1ccccc1. The molecule has 0 spiro atoms.